The van der Waals surface area contributed by atoms with Gasteiger partial charge >= 0.3 is 11.6 Å². The summed E-state index contributed by atoms with van der Waals surface area (Å²) in [5, 5.41) is 3.25. The fourth-order valence-corrected chi connectivity index (χ4v) is 3.93. The number of nitrogens with one attached hydrogen (secondary N) is 1. The third kappa shape index (κ3) is 6.08. The third-order valence-corrected chi connectivity index (χ3v) is 5.74. The van der Waals surface area contributed by atoms with Crippen LogP contribution < -0.4 is 20.4 Å². The molecule has 1 amide bonds. The highest BCUT2D eigenvalue weighted by atomic mass is 16.6. The van der Waals surface area contributed by atoms with Gasteiger partial charge in [-0.25, -0.2) is 9.59 Å². The standard InChI is InChI=1S/C27H29NO7/c1-27(2,3)21-8-4-5-9-22(21)33-16-24(29)34-18-11-10-17-13-20(26(31)35-23(17)14-18)25(30)28-15-19-7-6-12-32-19/h4-5,8-11,13-14,19H,6-7,12,15-16H2,1-3H3,(H,28,30). The van der Waals surface area contributed by atoms with Gasteiger partial charge in [0.25, 0.3) is 5.91 Å². The van der Waals surface area contributed by atoms with Crippen molar-refractivity contribution >= 4 is 22.8 Å². The molecule has 2 aromatic carbocycles. The molecule has 0 radical (unpaired) electrons. The Labute approximate surface area is 203 Å². The van der Waals surface area contributed by atoms with E-state index in [1.807, 2.05) is 24.3 Å². The van der Waals surface area contributed by atoms with Crippen LogP contribution >= 0.6 is 0 Å². The molecule has 1 atom stereocenters. The zero-order valence-electron chi connectivity index (χ0n) is 20.1. The average Bonchev–Trinajstić information content (AvgIpc) is 3.34. The molecule has 1 aliphatic heterocycles. The molecule has 1 aromatic heterocycles. The number of esters is 1. The summed E-state index contributed by atoms with van der Waals surface area (Å²) >= 11 is 0. The molecule has 0 aliphatic carbocycles. The Bertz CT molecular complexity index is 1280. The second-order valence-electron chi connectivity index (χ2n) is 9.50. The van der Waals surface area contributed by atoms with E-state index in [-0.39, 0.29) is 35.0 Å². The minimum Gasteiger partial charge on any atom is -0.482 e. The first-order chi connectivity index (χ1) is 16.7. The van der Waals surface area contributed by atoms with Crippen LogP contribution in [0.3, 0.4) is 0 Å². The maximum absolute atomic E-state index is 12.4. The van der Waals surface area contributed by atoms with E-state index in [1.54, 1.807) is 12.1 Å². The number of ether oxygens (including phenoxy) is 3. The van der Waals surface area contributed by atoms with Gasteiger partial charge in [0.2, 0.25) is 0 Å². The first kappa shape index (κ1) is 24.5. The molecule has 1 N–H and O–H groups in total. The molecule has 35 heavy (non-hydrogen) atoms. The quantitative estimate of drug-likeness (QED) is 0.310. The number of hydrogen-bond acceptors (Lipinski definition) is 7. The Balaban J connectivity index is 1.40. The van der Waals surface area contributed by atoms with Crippen molar-refractivity contribution in [2.24, 2.45) is 0 Å². The second kappa shape index (κ2) is 10.3. The van der Waals surface area contributed by atoms with Crippen LogP contribution in [0.25, 0.3) is 11.0 Å². The van der Waals surface area contributed by atoms with Gasteiger partial charge in [-0.1, -0.05) is 39.0 Å². The van der Waals surface area contributed by atoms with Gasteiger partial charge in [-0.2, -0.15) is 0 Å². The van der Waals surface area contributed by atoms with Crippen LogP contribution in [0.15, 0.2) is 57.7 Å². The second-order valence-corrected chi connectivity index (χ2v) is 9.50. The highest BCUT2D eigenvalue weighted by Gasteiger charge is 2.21. The van der Waals surface area contributed by atoms with Gasteiger partial charge in [-0.15, -0.1) is 0 Å². The van der Waals surface area contributed by atoms with Crippen LogP contribution in [0, 0.1) is 0 Å². The van der Waals surface area contributed by atoms with Gasteiger partial charge in [0, 0.05) is 24.6 Å². The summed E-state index contributed by atoms with van der Waals surface area (Å²) in [5.41, 5.74) is 0.182. The zero-order valence-corrected chi connectivity index (χ0v) is 20.1. The van der Waals surface area contributed by atoms with Crippen LogP contribution in [0.2, 0.25) is 0 Å². The van der Waals surface area contributed by atoms with Crippen molar-refractivity contribution in [2.45, 2.75) is 45.1 Å². The number of amides is 1. The van der Waals surface area contributed by atoms with E-state index >= 15 is 0 Å². The number of benzene rings is 2. The van der Waals surface area contributed by atoms with Crippen molar-refractivity contribution in [3.63, 3.8) is 0 Å². The lowest BCUT2D eigenvalue weighted by Gasteiger charge is -2.22. The molecule has 184 valence electrons. The smallest absolute Gasteiger partial charge is 0.349 e. The van der Waals surface area contributed by atoms with E-state index in [0.29, 0.717) is 24.3 Å². The molecule has 1 saturated heterocycles. The topological polar surface area (TPSA) is 104 Å². The van der Waals surface area contributed by atoms with Crippen molar-refractivity contribution in [3.05, 3.63) is 70.1 Å². The van der Waals surface area contributed by atoms with Crippen LogP contribution in [0.5, 0.6) is 11.5 Å². The van der Waals surface area contributed by atoms with Crippen molar-refractivity contribution in [1.29, 1.82) is 0 Å². The lowest BCUT2D eigenvalue weighted by Crippen LogP contribution is -2.34. The summed E-state index contributed by atoms with van der Waals surface area (Å²) in [4.78, 5) is 37.2. The molecule has 1 unspecified atom stereocenters. The Morgan fingerprint density at radius 2 is 1.91 bits per heavy atom. The summed E-state index contributed by atoms with van der Waals surface area (Å²) in [6.45, 7) is 6.94. The van der Waals surface area contributed by atoms with Gasteiger partial charge in [0.1, 0.15) is 22.6 Å². The molecule has 4 rings (SSSR count). The summed E-state index contributed by atoms with van der Waals surface area (Å²) in [6.07, 6.45) is 1.80. The summed E-state index contributed by atoms with van der Waals surface area (Å²) < 4.78 is 21.9. The third-order valence-electron chi connectivity index (χ3n) is 5.74. The summed E-state index contributed by atoms with van der Waals surface area (Å²) in [7, 11) is 0. The van der Waals surface area contributed by atoms with E-state index in [9.17, 15) is 14.4 Å². The van der Waals surface area contributed by atoms with Gasteiger partial charge in [-0.05, 0) is 48.1 Å². The van der Waals surface area contributed by atoms with Gasteiger partial charge in [0.05, 0.1) is 6.10 Å². The predicted molar refractivity (Wildman–Crippen MR) is 130 cm³/mol. The maximum Gasteiger partial charge on any atom is 0.349 e. The number of para-hydroxylation sites is 1. The van der Waals surface area contributed by atoms with E-state index < -0.39 is 17.5 Å². The Kier molecular flexibility index (Phi) is 7.21. The molecule has 8 heteroatoms. The zero-order chi connectivity index (χ0) is 25.0. The van der Waals surface area contributed by atoms with Crippen molar-refractivity contribution in [2.75, 3.05) is 19.8 Å². The molecule has 0 bridgehead atoms. The van der Waals surface area contributed by atoms with Gasteiger partial charge < -0.3 is 23.9 Å². The molecule has 1 aliphatic rings. The SMILES string of the molecule is CC(C)(C)c1ccccc1OCC(=O)Oc1ccc2cc(C(=O)NCC3CCCO3)c(=O)oc2c1. The van der Waals surface area contributed by atoms with Crippen LogP contribution in [-0.2, 0) is 14.9 Å². The first-order valence-electron chi connectivity index (χ1n) is 11.6. The van der Waals surface area contributed by atoms with Crippen LogP contribution in [-0.4, -0.2) is 37.7 Å². The number of carbonyl (C=O) groups excluding carboxylic acids is 2. The lowest BCUT2D eigenvalue weighted by atomic mass is 9.86. The largest absolute Gasteiger partial charge is 0.482 e. The average molecular weight is 480 g/mol. The molecule has 1 fully saturated rings. The van der Waals surface area contributed by atoms with Gasteiger partial charge in [-0.3, -0.25) is 4.79 Å². The van der Waals surface area contributed by atoms with Crippen molar-refractivity contribution in [3.8, 4) is 11.5 Å². The fraction of sp³-hybridized carbons (Fsp3) is 0.370. The summed E-state index contributed by atoms with van der Waals surface area (Å²) in [5.74, 6) is -0.291. The number of hydrogen-bond donors (Lipinski definition) is 1. The van der Waals surface area contributed by atoms with Gasteiger partial charge in [0.15, 0.2) is 6.61 Å². The predicted octanol–water partition coefficient (Wildman–Crippen LogP) is 3.98. The fourth-order valence-electron chi connectivity index (χ4n) is 3.93. The molecule has 0 saturated carbocycles. The van der Waals surface area contributed by atoms with Crippen LogP contribution in [0.1, 0.15) is 49.5 Å². The lowest BCUT2D eigenvalue weighted by molar-refractivity contribution is -0.136. The Hall–Kier alpha value is -3.65. The van der Waals surface area contributed by atoms with Crippen LogP contribution in [0.4, 0.5) is 0 Å². The highest BCUT2D eigenvalue weighted by molar-refractivity contribution is 5.96. The molecular formula is C27H29NO7. The minimum absolute atomic E-state index is 0.0328. The molecule has 0 spiro atoms. The van der Waals surface area contributed by atoms with E-state index in [0.717, 1.165) is 18.4 Å². The number of carbonyl (C=O) groups is 2. The van der Waals surface area contributed by atoms with E-state index in [2.05, 4.69) is 26.1 Å². The van der Waals surface area contributed by atoms with E-state index in [4.69, 9.17) is 18.6 Å². The molecule has 2 heterocycles. The highest BCUT2D eigenvalue weighted by Crippen LogP contribution is 2.31. The first-order valence-corrected chi connectivity index (χ1v) is 11.6. The van der Waals surface area contributed by atoms with Crippen molar-refractivity contribution in [1.82, 2.24) is 5.32 Å². The normalized spacial score (nSPS) is 15.7. The van der Waals surface area contributed by atoms with E-state index in [1.165, 1.54) is 12.1 Å². The monoisotopic (exact) mass is 479 g/mol. The molecular weight excluding hydrogens is 450 g/mol. The van der Waals surface area contributed by atoms with Crippen molar-refractivity contribution < 1.29 is 28.2 Å². The Morgan fingerprint density at radius 3 is 2.66 bits per heavy atom. The minimum atomic E-state index is -0.770. The maximum atomic E-state index is 12.4. The molecule has 8 nitrogen and oxygen atoms in total. The Morgan fingerprint density at radius 1 is 1.11 bits per heavy atom. The number of fused-ring (bicyclic) bond motifs is 1. The summed E-state index contributed by atoms with van der Waals surface area (Å²) in [6, 6.07) is 13.6. The number of rotatable bonds is 7. The molecule has 3 aromatic rings.